The molecular formula is C16H24N2O2. The van der Waals surface area contributed by atoms with E-state index < -0.39 is 0 Å². The Morgan fingerprint density at radius 3 is 2.40 bits per heavy atom. The fourth-order valence-electron chi connectivity index (χ4n) is 1.74. The first-order chi connectivity index (χ1) is 9.58. The van der Waals surface area contributed by atoms with Crippen molar-refractivity contribution in [2.24, 2.45) is 5.92 Å². The standard InChI is InChI=1S/C16H24N2O2/c1-13(2)8-9-15(19)18-12-16(20)17-11-10-14-6-4-3-5-7-14/h3-7,13H,8-12H2,1-2H3,(H,17,20)(H,18,19). The van der Waals surface area contributed by atoms with Gasteiger partial charge in [0.05, 0.1) is 6.54 Å². The van der Waals surface area contributed by atoms with Crippen LogP contribution in [0.3, 0.4) is 0 Å². The zero-order valence-corrected chi connectivity index (χ0v) is 12.3. The average molecular weight is 276 g/mol. The summed E-state index contributed by atoms with van der Waals surface area (Å²) < 4.78 is 0. The van der Waals surface area contributed by atoms with Gasteiger partial charge in [0.1, 0.15) is 0 Å². The third kappa shape index (κ3) is 7.56. The lowest BCUT2D eigenvalue weighted by molar-refractivity contribution is -0.126. The molecule has 110 valence electrons. The van der Waals surface area contributed by atoms with Gasteiger partial charge in [-0.1, -0.05) is 44.2 Å². The maximum atomic E-state index is 11.6. The third-order valence-corrected chi connectivity index (χ3v) is 2.97. The van der Waals surface area contributed by atoms with Crippen molar-refractivity contribution in [3.8, 4) is 0 Å². The van der Waals surface area contributed by atoms with Crippen molar-refractivity contribution in [2.75, 3.05) is 13.1 Å². The van der Waals surface area contributed by atoms with Crippen LogP contribution in [0.2, 0.25) is 0 Å². The SMILES string of the molecule is CC(C)CCC(=O)NCC(=O)NCCc1ccccc1. The molecule has 2 N–H and O–H groups in total. The highest BCUT2D eigenvalue weighted by molar-refractivity contribution is 5.84. The second-order valence-electron chi connectivity index (χ2n) is 5.29. The van der Waals surface area contributed by atoms with Gasteiger partial charge < -0.3 is 10.6 Å². The number of nitrogens with one attached hydrogen (secondary N) is 2. The van der Waals surface area contributed by atoms with Gasteiger partial charge in [-0.25, -0.2) is 0 Å². The van der Waals surface area contributed by atoms with Crippen LogP contribution < -0.4 is 10.6 Å². The molecule has 0 saturated heterocycles. The predicted octanol–water partition coefficient (Wildman–Crippen LogP) is 1.90. The number of rotatable bonds is 8. The summed E-state index contributed by atoms with van der Waals surface area (Å²) >= 11 is 0. The number of hydrogen-bond acceptors (Lipinski definition) is 2. The molecule has 0 spiro atoms. The van der Waals surface area contributed by atoms with Gasteiger partial charge in [0.2, 0.25) is 11.8 Å². The number of carbonyl (C=O) groups is 2. The normalized spacial score (nSPS) is 10.3. The lowest BCUT2D eigenvalue weighted by atomic mass is 10.1. The molecule has 0 aromatic heterocycles. The van der Waals surface area contributed by atoms with E-state index >= 15 is 0 Å². The fourth-order valence-corrected chi connectivity index (χ4v) is 1.74. The number of benzene rings is 1. The van der Waals surface area contributed by atoms with Gasteiger partial charge in [-0.15, -0.1) is 0 Å². The van der Waals surface area contributed by atoms with Crippen molar-refractivity contribution in [1.29, 1.82) is 0 Å². The Morgan fingerprint density at radius 1 is 1.05 bits per heavy atom. The first kappa shape index (κ1) is 16.2. The molecule has 4 nitrogen and oxygen atoms in total. The van der Waals surface area contributed by atoms with Crippen LogP contribution in [0, 0.1) is 5.92 Å². The van der Waals surface area contributed by atoms with E-state index in [2.05, 4.69) is 24.5 Å². The summed E-state index contributed by atoms with van der Waals surface area (Å²) in [6.07, 6.45) is 2.13. The van der Waals surface area contributed by atoms with E-state index in [0.29, 0.717) is 18.9 Å². The molecule has 0 aliphatic carbocycles. The highest BCUT2D eigenvalue weighted by Crippen LogP contribution is 2.02. The quantitative estimate of drug-likeness (QED) is 0.762. The molecule has 0 saturated carbocycles. The van der Waals surface area contributed by atoms with Crippen LogP contribution in [0.4, 0.5) is 0 Å². The molecule has 0 unspecified atom stereocenters. The number of amides is 2. The minimum Gasteiger partial charge on any atom is -0.354 e. The summed E-state index contributed by atoms with van der Waals surface area (Å²) in [6, 6.07) is 9.98. The minimum atomic E-state index is -0.140. The molecule has 20 heavy (non-hydrogen) atoms. The largest absolute Gasteiger partial charge is 0.354 e. The lowest BCUT2D eigenvalue weighted by Crippen LogP contribution is -2.37. The predicted molar refractivity (Wildman–Crippen MR) is 80.2 cm³/mol. The van der Waals surface area contributed by atoms with Gasteiger partial charge in [0, 0.05) is 13.0 Å². The topological polar surface area (TPSA) is 58.2 Å². The smallest absolute Gasteiger partial charge is 0.239 e. The molecule has 0 atom stereocenters. The average Bonchev–Trinajstić information content (AvgIpc) is 2.44. The molecule has 0 fully saturated rings. The molecule has 0 heterocycles. The first-order valence-corrected chi connectivity index (χ1v) is 7.15. The number of carbonyl (C=O) groups excluding carboxylic acids is 2. The van der Waals surface area contributed by atoms with E-state index in [1.54, 1.807) is 0 Å². The third-order valence-electron chi connectivity index (χ3n) is 2.97. The van der Waals surface area contributed by atoms with Gasteiger partial charge in [-0.2, -0.15) is 0 Å². The molecule has 0 radical (unpaired) electrons. The van der Waals surface area contributed by atoms with E-state index in [4.69, 9.17) is 0 Å². The summed E-state index contributed by atoms with van der Waals surface area (Å²) in [4.78, 5) is 23.0. The Balaban J connectivity index is 2.10. The Morgan fingerprint density at radius 2 is 1.75 bits per heavy atom. The summed E-state index contributed by atoms with van der Waals surface area (Å²) in [5.41, 5.74) is 1.19. The van der Waals surface area contributed by atoms with Crippen LogP contribution in [-0.2, 0) is 16.0 Å². The maximum absolute atomic E-state index is 11.6. The maximum Gasteiger partial charge on any atom is 0.239 e. The van der Waals surface area contributed by atoms with Crippen molar-refractivity contribution in [1.82, 2.24) is 10.6 Å². The molecule has 4 heteroatoms. The zero-order valence-electron chi connectivity index (χ0n) is 12.3. The summed E-state index contributed by atoms with van der Waals surface area (Å²) in [5, 5.41) is 5.43. The second kappa shape index (κ2) is 9.13. The van der Waals surface area contributed by atoms with Crippen LogP contribution in [0.5, 0.6) is 0 Å². The van der Waals surface area contributed by atoms with Crippen molar-refractivity contribution in [3.05, 3.63) is 35.9 Å². The summed E-state index contributed by atoms with van der Waals surface area (Å²) in [5.74, 6) is 0.302. The van der Waals surface area contributed by atoms with Crippen LogP contribution >= 0.6 is 0 Å². The molecule has 1 aromatic carbocycles. The van der Waals surface area contributed by atoms with Crippen LogP contribution in [-0.4, -0.2) is 24.9 Å². The highest BCUT2D eigenvalue weighted by atomic mass is 16.2. The molecule has 0 bridgehead atoms. The van der Waals surface area contributed by atoms with Gasteiger partial charge >= 0.3 is 0 Å². The van der Waals surface area contributed by atoms with Gasteiger partial charge in [0.15, 0.2) is 0 Å². The van der Waals surface area contributed by atoms with E-state index in [9.17, 15) is 9.59 Å². The molecule has 0 aliphatic rings. The second-order valence-corrected chi connectivity index (χ2v) is 5.29. The fraction of sp³-hybridized carbons (Fsp3) is 0.500. The Hall–Kier alpha value is -1.84. The van der Waals surface area contributed by atoms with Gasteiger partial charge in [-0.3, -0.25) is 9.59 Å². The van der Waals surface area contributed by atoms with Crippen LogP contribution in [0.25, 0.3) is 0 Å². The Kier molecular flexibility index (Phi) is 7.40. The van der Waals surface area contributed by atoms with Crippen LogP contribution in [0.15, 0.2) is 30.3 Å². The summed E-state index contributed by atoms with van der Waals surface area (Å²) in [6.45, 7) is 4.80. The molecule has 2 amide bonds. The Labute approximate surface area is 121 Å². The van der Waals surface area contributed by atoms with E-state index in [1.807, 2.05) is 30.3 Å². The van der Waals surface area contributed by atoms with Crippen molar-refractivity contribution in [2.45, 2.75) is 33.1 Å². The zero-order chi connectivity index (χ0) is 14.8. The van der Waals surface area contributed by atoms with Crippen molar-refractivity contribution < 1.29 is 9.59 Å². The summed E-state index contributed by atoms with van der Waals surface area (Å²) in [7, 11) is 0. The Bertz CT molecular complexity index is 416. The van der Waals surface area contributed by atoms with Gasteiger partial charge in [0.25, 0.3) is 0 Å². The molecule has 1 rings (SSSR count). The van der Waals surface area contributed by atoms with E-state index in [-0.39, 0.29) is 18.4 Å². The molecule has 0 aliphatic heterocycles. The van der Waals surface area contributed by atoms with Crippen LogP contribution in [0.1, 0.15) is 32.3 Å². The van der Waals surface area contributed by atoms with E-state index in [1.165, 1.54) is 5.56 Å². The minimum absolute atomic E-state index is 0.0584. The van der Waals surface area contributed by atoms with E-state index in [0.717, 1.165) is 12.8 Å². The first-order valence-electron chi connectivity index (χ1n) is 7.15. The number of hydrogen-bond donors (Lipinski definition) is 2. The molecular weight excluding hydrogens is 252 g/mol. The highest BCUT2D eigenvalue weighted by Gasteiger charge is 2.06. The molecule has 1 aromatic rings. The monoisotopic (exact) mass is 276 g/mol. The van der Waals surface area contributed by atoms with Crippen molar-refractivity contribution >= 4 is 11.8 Å². The van der Waals surface area contributed by atoms with Gasteiger partial charge in [-0.05, 0) is 24.3 Å². The lowest BCUT2D eigenvalue weighted by Gasteiger charge is -2.08. The van der Waals surface area contributed by atoms with Crippen molar-refractivity contribution in [3.63, 3.8) is 0 Å².